The zero-order valence-corrected chi connectivity index (χ0v) is 19.2. The van der Waals surface area contributed by atoms with Gasteiger partial charge in [-0.2, -0.15) is 5.10 Å². The van der Waals surface area contributed by atoms with Crippen molar-refractivity contribution in [3.05, 3.63) is 68.7 Å². The number of benzene rings is 1. The van der Waals surface area contributed by atoms with E-state index >= 15 is 0 Å². The molecule has 0 bridgehead atoms. The van der Waals surface area contributed by atoms with Crippen molar-refractivity contribution < 1.29 is 4.79 Å². The normalized spacial score (nSPS) is 13.6. The summed E-state index contributed by atoms with van der Waals surface area (Å²) in [5.41, 5.74) is 5.33. The standard InChI is InChI=1S/C24H25N5O2S/c1-4-16-7-5-6-8-20(16)29-14(2)11-19(27-29)22-15(3)25-24-28(23(22)31)18(13-32-24)12-21(30)26-17-9-10-17/h5-8,11,13,17H,4,9-10,12H2,1-3H3,(H,26,30). The summed E-state index contributed by atoms with van der Waals surface area (Å²) in [4.78, 5) is 31.2. The number of nitrogens with zero attached hydrogens (tertiary/aromatic N) is 4. The molecule has 5 rings (SSSR count). The summed E-state index contributed by atoms with van der Waals surface area (Å²) in [5, 5.41) is 9.63. The van der Waals surface area contributed by atoms with E-state index < -0.39 is 0 Å². The highest BCUT2D eigenvalue weighted by Crippen LogP contribution is 2.25. The van der Waals surface area contributed by atoms with Gasteiger partial charge in [-0.3, -0.25) is 14.0 Å². The molecule has 1 aromatic carbocycles. The van der Waals surface area contributed by atoms with Crippen molar-refractivity contribution in [2.75, 3.05) is 0 Å². The van der Waals surface area contributed by atoms with Crippen molar-refractivity contribution in [3.8, 4) is 16.9 Å². The van der Waals surface area contributed by atoms with Crippen LogP contribution < -0.4 is 10.9 Å². The van der Waals surface area contributed by atoms with Gasteiger partial charge >= 0.3 is 0 Å². The molecule has 1 amide bonds. The highest BCUT2D eigenvalue weighted by molar-refractivity contribution is 7.15. The van der Waals surface area contributed by atoms with Gasteiger partial charge in [0.25, 0.3) is 5.56 Å². The fourth-order valence-corrected chi connectivity index (χ4v) is 4.98. The number of nitrogens with one attached hydrogen (secondary N) is 1. The van der Waals surface area contributed by atoms with E-state index in [2.05, 4.69) is 23.3 Å². The lowest BCUT2D eigenvalue weighted by Crippen LogP contribution is -2.29. The van der Waals surface area contributed by atoms with Crippen LogP contribution in [0.15, 0.2) is 40.5 Å². The van der Waals surface area contributed by atoms with Gasteiger partial charge in [0.2, 0.25) is 5.91 Å². The first kappa shape index (κ1) is 20.6. The Morgan fingerprint density at radius 3 is 2.78 bits per heavy atom. The van der Waals surface area contributed by atoms with E-state index in [4.69, 9.17) is 5.10 Å². The molecule has 3 heterocycles. The van der Waals surface area contributed by atoms with Crippen LogP contribution in [0.4, 0.5) is 0 Å². The third-order valence-corrected chi connectivity index (χ3v) is 6.72. The van der Waals surface area contributed by atoms with Gasteiger partial charge in [-0.15, -0.1) is 11.3 Å². The van der Waals surface area contributed by atoms with E-state index in [1.165, 1.54) is 16.9 Å². The molecule has 1 fully saturated rings. The van der Waals surface area contributed by atoms with Gasteiger partial charge < -0.3 is 5.32 Å². The van der Waals surface area contributed by atoms with Crippen LogP contribution in [0.5, 0.6) is 0 Å². The van der Waals surface area contributed by atoms with E-state index in [1.54, 1.807) is 4.40 Å². The molecule has 164 valence electrons. The summed E-state index contributed by atoms with van der Waals surface area (Å²) >= 11 is 1.38. The van der Waals surface area contributed by atoms with Crippen LogP contribution in [0.25, 0.3) is 21.9 Å². The van der Waals surface area contributed by atoms with Gasteiger partial charge in [-0.1, -0.05) is 25.1 Å². The molecule has 0 spiro atoms. The second-order valence-corrected chi connectivity index (χ2v) is 9.14. The lowest BCUT2D eigenvalue weighted by Gasteiger charge is -2.09. The summed E-state index contributed by atoms with van der Waals surface area (Å²) in [6.07, 6.45) is 3.12. The third kappa shape index (κ3) is 3.64. The largest absolute Gasteiger partial charge is 0.353 e. The molecule has 0 radical (unpaired) electrons. The molecule has 1 aliphatic rings. The maximum Gasteiger partial charge on any atom is 0.268 e. The van der Waals surface area contributed by atoms with E-state index in [9.17, 15) is 9.59 Å². The number of amides is 1. The Hall–Kier alpha value is -3.26. The monoisotopic (exact) mass is 447 g/mol. The second kappa shape index (κ2) is 8.02. The molecule has 0 saturated heterocycles. The quantitative estimate of drug-likeness (QED) is 0.490. The zero-order chi connectivity index (χ0) is 22.4. The van der Waals surface area contributed by atoms with Crippen molar-refractivity contribution in [1.29, 1.82) is 0 Å². The number of fused-ring (bicyclic) bond motifs is 1. The number of hydrogen-bond donors (Lipinski definition) is 1. The Kier molecular flexibility index (Phi) is 5.17. The summed E-state index contributed by atoms with van der Waals surface area (Å²) < 4.78 is 3.45. The minimum absolute atomic E-state index is 0.0579. The molecular formula is C24H25N5O2S. The first-order valence-electron chi connectivity index (χ1n) is 10.9. The highest BCUT2D eigenvalue weighted by atomic mass is 32.1. The zero-order valence-electron chi connectivity index (χ0n) is 18.4. The van der Waals surface area contributed by atoms with Gasteiger partial charge in [0.1, 0.15) is 5.69 Å². The van der Waals surface area contributed by atoms with Crippen LogP contribution in [-0.2, 0) is 17.6 Å². The average Bonchev–Trinajstić information content (AvgIpc) is 3.37. The molecule has 7 nitrogen and oxygen atoms in total. The first-order valence-corrected chi connectivity index (χ1v) is 11.8. The predicted octanol–water partition coefficient (Wildman–Crippen LogP) is 3.61. The molecule has 4 aromatic rings. The van der Waals surface area contributed by atoms with Gasteiger partial charge in [0.15, 0.2) is 4.96 Å². The molecular weight excluding hydrogens is 422 g/mol. The number of thiazole rings is 1. The Labute approximate surface area is 189 Å². The van der Waals surface area contributed by atoms with E-state index in [-0.39, 0.29) is 23.9 Å². The van der Waals surface area contributed by atoms with Crippen LogP contribution in [0.2, 0.25) is 0 Å². The van der Waals surface area contributed by atoms with Gasteiger partial charge in [-0.25, -0.2) is 9.67 Å². The van der Waals surface area contributed by atoms with Gasteiger partial charge in [0.05, 0.1) is 23.4 Å². The Morgan fingerprint density at radius 1 is 1.25 bits per heavy atom. The molecule has 8 heteroatoms. The highest BCUT2D eigenvalue weighted by Gasteiger charge is 2.25. The van der Waals surface area contributed by atoms with Crippen LogP contribution in [-0.4, -0.2) is 31.1 Å². The molecule has 0 unspecified atom stereocenters. The van der Waals surface area contributed by atoms with Crippen molar-refractivity contribution in [2.45, 2.75) is 52.5 Å². The second-order valence-electron chi connectivity index (χ2n) is 8.31. The van der Waals surface area contributed by atoms with Crippen molar-refractivity contribution >= 4 is 22.2 Å². The van der Waals surface area contributed by atoms with Crippen LogP contribution in [0.3, 0.4) is 0 Å². The molecule has 1 N–H and O–H groups in total. The lowest BCUT2D eigenvalue weighted by atomic mass is 10.1. The van der Waals surface area contributed by atoms with Gasteiger partial charge in [-0.05, 0) is 50.8 Å². The number of aromatic nitrogens is 4. The summed E-state index contributed by atoms with van der Waals surface area (Å²) in [6, 6.07) is 10.4. The minimum atomic E-state index is -0.184. The minimum Gasteiger partial charge on any atom is -0.353 e. The molecule has 1 aliphatic carbocycles. The number of aryl methyl sites for hydroxylation is 3. The fourth-order valence-electron chi connectivity index (χ4n) is 4.05. The van der Waals surface area contributed by atoms with E-state index in [0.29, 0.717) is 27.6 Å². The average molecular weight is 448 g/mol. The Bertz CT molecular complexity index is 1390. The van der Waals surface area contributed by atoms with Crippen molar-refractivity contribution in [2.24, 2.45) is 0 Å². The van der Waals surface area contributed by atoms with Crippen molar-refractivity contribution in [1.82, 2.24) is 24.5 Å². The molecule has 3 aromatic heterocycles. The fraction of sp³-hybridized carbons (Fsp3) is 0.333. The van der Waals surface area contributed by atoms with Gasteiger partial charge in [0, 0.05) is 22.8 Å². The molecule has 1 saturated carbocycles. The Morgan fingerprint density at radius 2 is 2.03 bits per heavy atom. The maximum absolute atomic E-state index is 13.6. The first-order chi connectivity index (χ1) is 15.5. The number of carbonyl (C=O) groups excluding carboxylic acids is 1. The van der Waals surface area contributed by atoms with Crippen LogP contribution in [0.1, 0.15) is 42.4 Å². The smallest absolute Gasteiger partial charge is 0.268 e. The third-order valence-electron chi connectivity index (χ3n) is 5.85. The number of carbonyl (C=O) groups is 1. The van der Waals surface area contributed by atoms with Crippen molar-refractivity contribution in [3.63, 3.8) is 0 Å². The number of rotatable bonds is 6. The topological polar surface area (TPSA) is 81.3 Å². The SMILES string of the molecule is CCc1ccccc1-n1nc(-c2c(C)nc3scc(CC(=O)NC4CC4)n3c2=O)cc1C. The van der Waals surface area contributed by atoms with Crippen LogP contribution in [0, 0.1) is 13.8 Å². The number of para-hydroxylation sites is 1. The van der Waals surface area contributed by atoms with E-state index in [0.717, 1.165) is 30.6 Å². The Balaban J connectivity index is 1.59. The summed E-state index contributed by atoms with van der Waals surface area (Å²) in [6.45, 7) is 5.94. The summed E-state index contributed by atoms with van der Waals surface area (Å²) in [7, 11) is 0. The van der Waals surface area contributed by atoms with E-state index in [1.807, 2.05) is 48.2 Å². The molecule has 0 atom stereocenters. The lowest BCUT2D eigenvalue weighted by molar-refractivity contribution is -0.120. The van der Waals surface area contributed by atoms with Crippen LogP contribution >= 0.6 is 11.3 Å². The predicted molar refractivity (Wildman–Crippen MR) is 126 cm³/mol. The molecule has 0 aliphatic heterocycles. The molecule has 32 heavy (non-hydrogen) atoms. The number of hydrogen-bond acceptors (Lipinski definition) is 5. The maximum atomic E-state index is 13.6. The summed E-state index contributed by atoms with van der Waals surface area (Å²) in [5.74, 6) is -0.0579.